The number of nitrogens with zero attached hydrogens (tertiary/aromatic N) is 1. The Bertz CT molecular complexity index is 749. The molecular weight excluding hydrogens is 309 g/mol. The molecule has 0 spiro atoms. The number of halogens is 3. The smallest absolute Gasteiger partial charge is 0.422 e. The summed E-state index contributed by atoms with van der Waals surface area (Å²) in [6, 6.07) is 14.1. The molecule has 0 unspecified atom stereocenters. The lowest BCUT2D eigenvalue weighted by Crippen LogP contribution is -2.19. The number of hydrogen-bond donors (Lipinski definition) is 1. The lowest BCUT2D eigenvalue weighted by molar-refractivity contribution is -0.153. The fourth-order valence-corrected chi connectivity index (χ4v) is 1.99. The Kier molecular flexibility index (Phi) is 4.10. The molecule has 0 amide bonds. The van der Waals surface area contributed by atoms with Crippen LogP contribution in [0, 0.1) is 0 Å². The van der Waals surface area contributed by atoms with Crippen molar-refractivity contribution in [2.75, 3.05) is 11.9 Å². The van der Waals surface area contributed by atoms with Crippen molar-refractivity contribution in [2.45, 2.75) is 12.7 Å². The van der Waals surface area contributed by atoms with Crippen molar-refractivity contribution < 1.29 is 22.3 Å². The van der Waals surface area contributed by atoms with Crippen LogP contribution >= 0.6 is 0 Å². The van der Waals surface area contributed by atoms with Gasteiger partial charge in [0.2, 0.25) is 0 Å². The number of benzene rings is 2. The number of hydrogen-bond acceptors (Lipinski definition) is 4. The Morgan fingerprint density at radius 3 is 2.48 bits per heavy atom. The summed E-state index contributed by atoms with van der Waals surface area (Å²) >= 11 is 0. The van der Waals surface area contributed by atoms with Crippen LogP contribution in [0.15, 0.2) is 52.9 Å². The van der Waals surface area contributed by atoms with Gasteiger partial charge in [-0.15, -0.1) is 0 Å². The van der Waals surface area contributed by atoms with Crippen LogP contribution in [0.3, 0.4) is 0 Å². The molecule has 0 saturated heterocycles. The Hall–Kier alpha value is -2.70. The van der Waals surface area contributed by atoms with Gasteiger partial charge in [-0.25, -0.2) is 0 Å². The molecule has 0 saturated carbocycles. The fraction of sp³-hybridized carbons (Fsp3) is 0.188. The van der Waals surface area contributed by atoms with Crippen LogP contribution < -0.4 is 10.1 Å². The Morgan fingerprint density at radius 2 is 1.78 bits per heavy atom. The van der Waals surface area contributed by atoms with Crippen LogP contribution in [0.2, 0.25) is 0 Å². The molecule has 1 heterocycles. The molecular formula is C16H13F3N2O2. The molecule has 0 bridgehead atoms. The lowest BCUT2D eigenvalue weighted by atomic mass is 10.2. The summed E-state index contributed by atoms with van der Waals surface area (Å²) in [6.07, 6.45) is -4.34. The first kappa shape index (κ1) is 15.2. The standard InChI is InChI=1S/C16H13F3N2O2/c17-16(18,19)10-22-12-7-5-11(6-8-12)9-20-15-21-13-3-1-2-4-14(13)23-15/h1-8H,9-10H2,(H,20,21). The van der Waals surface area contributed by atoms with Gasteiger partial charge in [0.25, 0.3) is 6.01 Å². The second kappa shape index (κ2) is 6.20. The highest BCUT2D eigenvalue weighted by molar-refractivity contribution is 5.74. The number of aromatic nitrogens is 1. The number of ether oxygens (including phenoxy) is 1. The van der Waals surface area contributed by atoms with Crippen LogP contribution in [-0.2, 0) is 6.54 Å². The minimum Gasteiger partial charge on any atom is -0.484 e. The van der Waals surface area contributed by atoms with E-state index < -0.39 is 12.8 Å². The average Bonchev–Trinajstić information content (AvgIpc) is 2.94. The molecule has 0 aliphatic heterocycles. The average molecular weight is 322 g/mol. The number of anilines is 1. The van der Waals surface area contributed by atoms with Crippen LogP contribution in [0.25, 0.3) is 11.1 Å². The topological polar surface area (TPSA) is 47.3 Å². The van der Waals surface area contributed by atoms with E-state index in [2.05, 4.69) is 15.0 Å². The van der Waals surface area contributed by atoms with Gasteiger partial charge in [-0.3, -0.25) is 0 Å². The molecule has 0 aliphatic rings. The highest BCUT2D eigenvalue weighted by Gasteiger charge is 2.28. The van der Waals surface area contributed by atoms with E-state index in [4.69, 9.17) is 4.42 Å². The summed E-state index contributed by atoms with van der Waals surface area (Å²) in [5.74, 6) is 0.174. The molecule has 23 heavy (non-hydrogen) atoms. The van der Waals surface area contributed by atoms with Gasteiger partial charge in [0.05, 0.1) is 0 Å². The molecule has 0 atom stereocenters. The second-order valence-electron chi connectivity index (χ2n) is 4.89. The van der Waals surface area contributed by atoms with Crippen LogP contribution in [0.1, 0.15) is 5.56 Å². The fourth-order valence-electron chi connectivity index (χ4n) is 1.99. The second-order valence-corrected chi connectivity index (χ2v) is 4.89. The van der Waals surface area contributed by atoms with Crippen molar-refractivity contribution in [3.8, 4) is 5.75 Å². The maximum absolute atomic E-state index is 12.1. The van der Waals surface area contributed by atoms with Crippen molar-refractivity contribution in [1.29, 1.82) is 0 Å². The monoisotopic (exact) mass is 322 g/mol. The van der Waals surface area contributed by atoms with E-state index >= 15 is 0 Å². The molecule has 1 N–H and O–H groups in total. The summed E-state index contributed by atoms with van der Waals surface area (Å²) < 4.78 is 46.4. The molecule has 3 aromatic rings. The maximum Gasteiger partial charge on any atom is 0.422 e. The zero-order valence-electron chi connectivity index (χ0n) is 11.9. The Morgan fingerprint density at radius 1 is 1.04 bits per heavy atom. The molecule has 1 aromatic heterocycles. The summed E-state index contributed by atoms with van der Waals surface area (Å²) in [6.45, 7) is -0.861. The normalized spacial score (nSPS) is 11.6. The minimum absolute atomic E-state index is 0.174. The third-order valence-electron chi connectivity index (χ3n) is 3.06. The predicted molar refractivity (Wildman–Crippen MR) is 79.3 cm³/mol. The number of oxazole rings is 1. The molecule has 0 radical (unpaired) electrons. The van der Waals surface area contributed by atoms with Crippen molar-refractivity contribution in [3.63, 3.8) is 0 Å². The number of fused-ring (bicyclic) bond motifs is 1. The quantitative estimate of drug-likeness (QED) is 0.757. The first-order valence-corrected chi connectivity index (χ1v) is 6.87. The first-order valence-electron chi connectivity index (χ1n) is 6.87. The molecule has 4 nitrogen and oxygen atoms in total. The Balaban J connectivity index is 1.58. The summed E-state index contributed by atoms with van der Waals surface area (Å²) in [7, 11) is 0. The van der Waals surface area contributed by atoms with Crippen LogP contribution in [-0.4, -0.2) is 17.8 Å². The molecule has 120 valence electrons. The molecule has 0 fully saturated rings. The Labute approximate surface area is 129 Å². The van der Waals surface area contributed by atoms with E-state index in [-0.39, 0.29) is 5.75 Å². The maximum atomic E-state index is 12.1. The van der Waals surface area contributed by atoms with Gasteiger partial charge < -0.3 is 14.5 Å². The first-order chi connectivity index (χ1) is 11.0. The van der Waals surface area contributed by atoms with Crippen molar-refractivity contribution in [1.82, 2.24) is 4.98 Å². The van der Waals surface area contributed by atoms with E-state index in [0.717, 1.165) is 11.1 Å². The van der Waals surface area contributed by atoms with Crippen LogP contribution in [0.5, 0.6) is 5.75 Å². The van der Waals surface area contributed by atoms with Gasteiger partial charge >= 0.3 is 6.18 Å². The van der Waals surface area contributed by atoms with Gasteiger partial charge in [0.15, 0.2) is 12.2 Å². The number of rotatable bonds is 5. The zero-order valence-corrected chi connectivity index (χ0v) is 11.9. The number of alkyl halides is 3. The van der Waals surface area contributed by atoms with E-state index in [1.807, 2.05) is 24.3 Å². The van der Waals surface area contributed by atoms with E-state index in [9.17, 15) is 13.2 Å². The molecule has 2 aromatic carbocycles. The minimum atomic E-state index is -4.34. The summed E-state index contributed by atoms with van der Waals surface area (Å²) in [5.41, 5.74) is 2.31. The molecule has 3 rings (SSSR count). The van der Waals surface area contributed by atoms with Gasteiger partial charge in [-0.1, -0.05) is 24.3 Å². The summed E-state index contributed by atoms with van der Waals surface area (Å²) in [4.78, 5) is 4.27. The number of nitrogens with one attached hydrogen (secondary N) is 1. The van der Waals surface area contributed by atoms with Gasteiger partial charge in [-0.05, 0) is 29.8 Å². The van der Waals surface area contributed by atoms with Crippen molar-refractivity contribution >= 4 is 17.1 Å². The van der Waals surface area contributed by atoms with Crippen molar-refractivity contribution in [3.05, 3.63) is 54.1 Å². The van der Waals surface area contributed by atoms with E-state index in [1.165, 1.54) is 12.1 Å². The predicted octanol–water partition coefficient (Wildman–Crippen LogP) is 4.38. The third-order valence-corrected chi connectivity index (χ3v) is 3.06. The van der Waals surface area contributed by atoms with Gasteiger partial charge in [0.1, 0.15) is 11.3 Å². The SMILES string of the molecule is FC(F)(F)COc1ccc(CNc2nc3ccccc3o2)cc1. The highest BCUT2D eigenvalue weighted by Crippen LogP contribution is 2.20. The van der Waals surface area contributed by atoms with Gasteiger partial charge in [0, 0.05) is 6.54 Å². The lowest BCUT2D eigenvalue weighted by Gasteiger charge is -2.09. The van der Waals surface area contributed by atoms with E-state index in [0.29, 0.717) is 18.1 Å². The highest BCUT2D eigenvalue weighted by atomic mass is 19.4. The zero-order chi connectivity index (χ0) is 16.3. The van der Waals surface area contributed by atoms with Crippen molar-refractivity contribution in [2.24, 2.45) is 0 Å². The molecule has 7 heteroatoms. The summed E-state index contributed by atoms with van der Waals surface area (Å²) in [5, 5.41) is 3.03. The largest absolute Gasteiger partial charge is 0.484 e. The van der Waals surface area contributed by atoms with Gasteiger partial charge in [-0.2, -0.15) is 18.2 Å². The third kappa shape index (κ3) is 4.15. The van der Waals surface area contributed by atoms with E-state index in [1.54, 1.807) is 12.1 Å². The number of para-hydroxylation sites is 2. The molecule has 0 aliphatic carbocycles. The van der Waals surface area contributed by atoms with Crippen LogP contribution in [0.4, 0.5) is 19.2 Å².